The van der Waals surface area contributed by atoms with Gasteiger partial charge in [-0.15, -0.1) is 0 Å². The standard InChI is InChI=1S/C30H25N5OS/c1-29(16-30(17-31)21-10-4-2-8-19(21)26(29)20-9-3-5-11-22(20)30)27(36)35-28-32-18(15-37-28)14-25-33-23-12-6-7-13-24(23)34-25/h2-13,15,26,28,32H,14,16H2,1H3,(H,33,34)(H,35,36). The van der Waals surface area contributed by atoms with Crippen LogP contribution in [0, 0.1) is 16.7 Å². The molecule has 6 nitrogen and oxygen atoms in total. The number of allylic oxidation sites excluding steroid dienone is 1. The quantitative estimate of drug-likeness (QED) is 0.362. The molecule has 0 saturated carbocycles. The molecule has 0 fully saturated rings. The third-order valence-corrected chi connectivity index (χ3v) is 9.09. The Kier molecular flexibility index (Phi) is 4.79. The minimum Gasteiger partial charge on any atom is -0.359 e. The molecule has 1 aromatic heterocycles. The summed E-state index contributed by atoms with van der Waals surface area (Å²) in [4.78, 5) is 22.0. The highest BCUT2D eigenvalue weighted by atomic mass is 32.2. The van der Waals surface area contributed by atoms with Crippen LogP contribution in [0.15, 0.2) is 83.9 Å². The predicted octanol–water partition coefficient (Wildman–Crippen LogP) is 5.05. The molecule has 3 aromatic carbocycles. The minimum atomic E-state index is -0.838. The normalized spacial score (nSPS) is 27.1. The fourth-order valence-corrected chi connectivity index (χ4v) is 7.44. The van der Waals surface area contributed by atoms with E-state index in [9.17, 15) is 10.1 Å². The van der Waals surface area contributed by atoms with Crippen molar-refractivity contribution < 1.29 is 4.79 Å². The minimum absolute atomic E-state index is 0.0375. The zero-order valence-electron chi connectivity index (χ0n) is 20.3. The lowest BCUT2D eigenvalue weighted by Gasteiger charge is -2.54. The number of imidazole rings is 1. The van der Waals surface area contributed by atoms with Crippen LogP contribution in [0.5, 0.6) is 0 Å². The van der Waals surface area contributed by atoms with Gasteiger partial charge in [0, 0.05) is 18.0 Å². The molecule has 0 spiro atoms. The molecule has 1 aliphatic heterocycles. The number of thioether (sulfide) groups is 1. The molecule has 1 amide bonds. The van der Waals surface area contributed by atoms with Crippen molar-refractivity contribution >= 4 is 28.7 Å². The van der Waals surface area contributed by atoms with Crippen LogP contribution in [-0.2, 0) is 16.6 Å². The third-order valence-electron chi connectivity index (χ3n) is 8.16. The van der Waals surface area contributed by atoms with E-state index in [0.717, 1.165) is 44.8 Å². The second-order valence-electron chi connectivity index (χ2n) is 10.4. The molecule has 182 valence electrons. The largest absolute Gasteiger partial charge is 0.359 e. The van der Waals surface area contributed by atoms with Gasteiger partial charge < -0.3 is 15.6 Å². The monoisotopic (exact) mass is 503 g/mol. The van der Waals surface area contributed by atoms with E-state index >= 15 is 0 Å². The first-order valence-electron chi connectivity index (χ1n) is 12.5. The van der Waals surface area contributed by atoms with Gasteiger partial charge in [-0.2, -0.15) is 5.26 Å². The summed E-state index contributed by atoms with van der Waals surface area (Å²) in [6.45, 7) is 2.02. The van der Waals surface area contributed by atoms with E-state index in [1.807, 2.05) is 55.5 Å². The number of aromatic nitrogens is 2. The lowest BCUT2D eigenvalue weighted by atomic mass is 9.47. The smallest absolute Gasteiger partial charge is 0.229 e. The molecule has 4 aromatic rings. The van der Waals surface area contributed by atoms with Crippen molar-refractivity contribution in [3.8, 4) is 6.07 Å². The van der Waals surface area contributed by atoms with Gasteiger partial charge in [0.15, 0.2) is 5.50 Å². The Hall–Kier alpha value is -4.02. The van der Waals surface area contributed by atoms with Crippen molar-refractivity contribution in [3.05, 3.63) is 112 Å². The Balaban J connectivity index is 1.14. The van der Waals surface area contributed by atoms with Gasteiger partial charge in [-0.1, -0.05) is 72.4 Å². The molecule has 2 bridgehead atoms. The maximum absolute atomic E-state index is 14.0. The van der Waals surface area contributed by atoms with E-state index in [4.69, 9.17) is 0 Å². The van der Waals surface area contributed by atoms with Crippen LogP contribution < -0.4 is 10.6 Å². The van der Waals surface area contributed by atoms with Crippen molar-refractivity contribution in [2.45, 2.75) is 36.6 Å². The Morgan fingerprint density at radius 2 is 1.76 bits per heavy atom. The van der Waals surface area contributed by atoms with Crippen molar-refractivity contribution in [2.75, 3.05) is 0 Å². The number of carbonyl (C=O) groups excluding carboxylic acids is 1. The van der Waals surface area contributed by atoms with Crippen molar-refractivity contribution in [2.24, 2.45) is 5.41 Å². The number of hydrogen-bond donors (Lipinski definition) is 3. The Morgan fingerprint density at radius 3 is 2.46 bits per heavy atom. The highest BCUT2D eigenvalue weighted by Crippen LogP contribution is 2.63. The van der Waals surface area contributed by atoms with Crippen LogP contribution >= 0.6 is 11.8 Å². The molecule has 8 rings (SSSR count). The van der Waals surface area contributed by atoms with Crippen LogP contribution in [0.3, 0.4) is 0 Å². The third kappa shape index (κ3) is 3.19. The molecule has 3 N–H and O–H groups in total. The average Bonchev–Trinajstić information content (AvgIpc) is 3.54. The first-order valence-corrected chi connectivity index (χ1v) is 13.4. The number of nitriles is 1. The van der Waals surface area contributed by atoms with E-state index < -0.39 is 10.8 Å². The Bertz CT molecular complexity index is 1570. The van der Waals surface area contributed by atoms with Crippen LogP contribution in [-0.4, -0.2) is 21.4 Å². The van der Waals surface area contributed by atoms with Gasteiger partial charge in [0.2, 0.25) is 5.91 Å². The number of nitrogens with one attached hydrogen (secondary N) is 3. The maximum Gasteiger partial charge on any atom is 0.229 e. The molecular formula is C30H25N5OS. The van der Waals surface area contributed by atoms with Gasteiger partial charge >= 0.3 is 0 Å². The first kappa shape index (κ1) is 22.2. The topological polar surface area (TPSA) is 93.6 Å². The van der Waals surface area contributed by atoms with Crippen molar-refractivity contribution in [1.29, 1.82) is 5.26 Å². The van der Waals surface area contributed by atoms with Crippen LogP contribution in [0.1, 0.15) is 47.3 Å². The lowest BCUT2D eigenvalue weighted by molar-refractivity contribution is -0.133. The summed E-state index contributed by atoms with van der Waals surface area (Å²) in [6, 6.07) is 26.9. The van der Waals surface area contributed by atoms with Crippen LogP contribution in [0.2, 0.25) is 0 Å². The molecule has 4 aliphatic rings. The molecule has 0 radical (unpaired) electrons. The summed E-state index contributed by atoms with van der Waals surface area (Å²) in [6.07, 6.45) is 1.09. The molecule has 7 heteroatoms. The number of rotatable bonds is 4. The molecule has 2 heterocycles. The molecule has 37 heavy (non-hydrogen) atoms. The number of para-hydroxylation sites is 2. The highest BCUT2D eigenvalue weighted by molar-refractivity contribution is 8.02. The first-order chi connectivity index (χ1) is 18.0. The van der Waals surface area contributed by atoms with Crippen molar-refractivity contribution in [1.82, 2.24) is 20.6 Å². The summed E-state index contributed by atoms with van der Waals surface area (Å²) < 4.78 is 0. The number of benzene rings is 3. The number of fused-ring (bicyclic) bond motifs is 2. The van der Waals surface area contributed by atoms with E-state index in [1.54, 1.807) is 11.8 Å². The summed E-state index contributed by atoms with van der Waals surface area (Å²) in [5, 5.41) is 19.3. The van der Waals surface area contributed by atoms with Crippen LogP contribution in [0.25, 0.3) is 11.0 Å². The molecule has 0 saturated heterocycles. The van der Waals surface area contributed by atoms with Gasteiger partial charge in [-0.3, -0.25) is 4.79 Å². The summed E-state index contributed by atoms with van der Waals surface area (Å²) in [7, 11) is 0. The summed E-state index contributed by atoms with van der Waals surface area (Å²) >= 11 is 1.55. The molecule has 3 aliphatic carbocycles. The van der Waals surface area contributed by atoms with Crippen LogP contribution in [0.4, 0.5) is 0 Å². The number of nitrogens with zero attached hydrogens (tertiary/aromatic N) is 2. The predicted molar refractivity (Wildman–Crippen MR) is 144 cm³/mol. The van der Waals surface area contributed by atoms with Gasteiger partial charge in [0.1, 0.15) is 11.2 Å². The van der Waals surface area contributed by atoms with Crippen molar-refractivity contribution in [3.63, 3.8) is 0 Å². The molecule has 2 atom stereocenters. The number of carbonyl (C=O) groups is 1. The van der Waals surface area contributed by atoms with E-state index in [1.165, 1.54) is 0 Å². The Labute approximate surface area is 219 Å². The van der Waals surface area contributed by atoms with E-state index in [0.29, 0.717) is 12.8 Å². The maximum atomic E-state index is 14.0. The number of H-pyrrole nitrogens is 1. The lowest BCUT2D eigenvalue weighted by Crippen LogP contribution is -2.57. The number of amides is 1. The van der Waals surface area contributed by atoms with Gasteiger partial charge in [0.05, 0.1) is 22.5 Å². The fourth-order valence-electron chi connectivity index (χ4n) is 6.59. The van der Waals surface area contributed by atoms with Gasteiger partial charge in [-0.05, 0) is 53.1 Å². The van der Waals surface area contributed by atoms with Gasteiger partial charge in [0.25, 0.3) is 0 Å². The second kappa shape index (κ2) is 7.99. The fraction of sp³-hybridized carbons (Fsp3) is 0.233. The summed E-state index contributed by atoms with van der Waals surface area (Å²) in [5.41, 5.74) is 5.34. The molecular weight excluding hydrogens is 478 g/mol. The number of aromatic amines is 1. The second-order valence-corrected chi connectivity index (χ2v) is 11.4. The Morgan fingerprint density at radius 1 is 1.08 bits per heavy atom. The summed E-state index contributed by atoms with van der Waals surface area (Å²) in [5.74, 6) is 0.738. The van der Waals surface area contributed by atoms with E-state index in [2.05, 4.69) is 56.3 Å². The zero-order chi connectivity index (χ0) is 25.2. The zero-order valence-corrected chi connectivity index (χ0v) is 21.1. The van der Waals surface area contributed by atoms with Gasteiger partial charge in [-0.25, -0.2) is 4.98 Å². The van der Waals surface area contributed by atoms with E-state index in [-0.39, 0.29) is 17.3 Å². The number of hydrogen-bond acceptors (Lipinski definition) is 5. The SMILES string of the molecule is CC1(C(=O)NC2NC(Cc3nc4ccccc4[nH]3)=CS2)CC2(C#N)c3ccccc3C1c1ccccc12. The average molecular weight is 504 g/mol. The highest BCUT2D eigenvalue weighted by Gasteiger charge is 2.61. The molecule has 2 unspecified atom stereocenters.